The van der Waals surface area contributed by atoms with Crippen molar-refractivity contribution in [2.75, 3.05) is 0 Å². The molecule has 0 atom stereocenters. The van der Waals surface area contributed by atoms with Gasteiger partial charge in [-0.3, -0.25) is 4.79 Å². The molecule has 1 N–H and O–H groups in total. The lowest BCUT2D eigenvalue weighted by molar-refractivity contribution is 0.0696. The second kappa shape index (κ2) is 3.66. The van der Waals surface area contributed by atoms with Crippen LogP contribution in [0.2, 0.25) is 0 Å². The van der Waals surface area contributed by atoms with Gasteiger partial charge in [0.2, 0.25) is 0 Å². The minimum atomic E-state index is -1.19. The molecule has 0 spiro atoms. The Morgan fingerprint density at radius 3 is 2.57 bits per heavy atom. The fourth-order valence-corrected chi connectivity index (χ4v) is 0.892. The van der Waals surface area contributed by atoms with Crippen LogP contribution in [0, 0.1) is 11.3 Å². The highest BCUT2D eigenvalue weighted by Crippen LogP contribution is 2.06. The number of Topliss-reactive ketones (excluding diaryl/α,β-unsaturated/α-hetero) is 1. The van der Waals surface area contributed by atoms with Crippen LogP contribution in [0.5, 0.6) is 0 Å². The molecule has 0 aliphatic heterocycles. The Morgan fingerprint density at radius 2 is 2.14 bits per heavy atom. The minimum Gasteiger partial charge on any atom is -0.478 e. The van der Waals surface area contributed by atoms with Crippen LogP contribution < -0.4 is 0 Å². The molecular weight excluding hydrogens is 184 g/mol. The van der Waals surface area contributed by atoms with Gasteiger partial charge < -0.3 is 5.11 Å². The van der Waals surface area contributed by atoms with Crippen LogP contribution in [0.3, 0.4) is 0 Å². The van der Waals surface area contributed by atoms with Gasteiger partial charge in [0.25, 0.3) is 0 Å². The number of carbonyl (C=O) groups is 2. The first-order chi connectivity index (χ1) is 6.54. The van der Waals surface area contributed by atoms with Crippen LogP contribution in [0.4, 0.5) is 0 Å². The molecule has 5 nitrogen and oxygen atoms in total. The lowest BCUT2D eigenvalue weighted by Crippen LogP contribution is -2.04. The molecule has 0 unspecified atom stereocenters. The molecule has 0 saturated carbocycles. The molecule has 0 aliphatic rings. The summed E-state index contributed by atoms with van der Waals surface area (Å²) in [6, 6.07) is 3.96. The normalized spacial score (nSPS) is 9.14. The third-order valence-electron chi connectivity index (χ3n) is 1.55. The molecule has 0 aromatic carbocycles. The summed E-state index contributed by atoms with van der Waals surface area (Å²) in [5.74, 6) is -1.56. The van der Waals surface area contributed by atoms with Crippen molar-refractivity contribution in [2.24, 2.45) is 0 Å². The van der Waals surface area contributed by atoms with Gasteiger partial charge in [0.15, 0.2) is 5.78 Å². The summed E-state index contributed by atoms with van der Waals surface area (Å²) in [5, 5.41) is 17.2. The van der Waals surface area contributed by atoms with Gasteiger partial charge in [0, 0.05) is 6.92 Å². The lowest BCUT2D eigenvalue weighted by Gasteiger charge is -1.98. The van der Waals surface area contributed by atoms with E-state index in [1.807, 2.05) is 0 Å². The van der Waals surface area contributed by atoms with Crippen LogP contribution in [0.1, 0.15) is 33.5 Å². The largest absolute Gasteiger partial charge is 0.478 e. The number of hydrogen-bond acceptors (Lipinski definition) is 4. The monoisotopic (exact) mass is 190 g/mol. The number of aromatic nitrogens is 1. The quantitative estimate of drug-likeness (QED) is 0.698. The first-order valence-electron chi connectivity index (χ1n) is 3.71. The number of nitriles is 1. The molecule has 14 heavy (non-hydrogen) atoms. The lowest BCUT2D eigenvalue weighted by atomic mass is 10.1. The molecule has 0 aliphatic carbocycles. The van der Waals surface area contributed by atoms with Crippen LogP contribution in [0.15, 0.2) is 12.1 Å². The smallest absolute Gasteiger partial charge is 0.335 e. The first-order valence-corrected chi connectivity index (χ1v) is 3.71. The third-order valence-corrected chi connectivity index (χ3v) is 1.55. The summed E-state index contributed by atoms with van der Waals surface area (Å²) in [6.07, 6.45) is 0. The van der Waals surface area contributed by atoms with Crippen molar-refractivity contribution in [2.45, 2.75) is 6.92 Å². The molecule has 5 heteroatoms. The Hall–Kier alpha value is -2.22. The zero-order valence-corrected chi connectivity index (χ0v) is 7.31. The van der Waals surface area contributed by atoms with Crippen LogP contribution in [-0.4, -0.2) is 21.8 Å². The van der Waals surface area contributed by atoms with Crippen molar-refractivity contribution in [3.05, 3.63) is 29.1 Å². The van der Waals surface area contributed by atoms with Crippen molar-refractivity contribution in [3.8, 4) is 6.07 Å². The first kappa shape index (κ1) is 9.86. The number of carboxylic acid groups (broad SMARTS) is 1. The zero-order chi connectivity index (χ0) is 10.7. The summed E-state index contributed by atoms with van der Waals surface area (Å²) < 4.78 is 0. The Morgan fingerprint density at radius 1 is 1.50 bits per heavy atom. The van der Waals surface area contributed by atoms with Crippen LogP contribution in [-0.2, 0) is 0 Å². The molecule has 0 amide bonds. The van der Waals surface area contributed by atoms with E-state index in [2.05, 4.69) is 4.98 Å². The van der Waals surface area contributed by atoms with E-state index in [0.717, 1.165) is 12.1 Å². The van der Waals surface area contributed by atoms with Crippen molar-refractivity contribution in [1.29, 1.82) is 5.26 Å². The number of carbonyl (C=O) groups excluding carboxylic acids is 1. The van der Waals surface area contributed by atoms with Crippen molar-refractivity contribution < 1.29 is 14.7 Å². The third kappa shape index (κ3) is 1.93. The number of nitrogens with zero attached hydrogens (tertiary/aromatic N) is 2. The number of rotatable bonds is 2. The van der Waals surface area contributed by atoms with Crippen molar-refractivity contribution in [1.82, 2.24) is 4.98 Å². The molecule has 1 aromatic heterocycles. The summed E-state index contributed by atoms with van der Waals surface area (Å²) in [4.78, 5) is 25.2. The fourth-order valence-electron chi connectivity index (χ4n) is 0.892. The summed E-state index contributed by atoms with van der Waals surface area (Å²) in [6.45, 7) is 1.26. The summed E-state index contributed by atoms with van der Waals surface area (Å²) in [5.41, 5.74) is -0.196. The molecule has 0 bridgehead atoms. The van der Waals surface area contributed by atoms with Crippen LogP contribution >= 0.6 is 0 Å². The molecule has 0 radical (unpaired) electrons. The number of hydrogen-bond donors (Lipinski definition) is 1. The van der Waals surface area contributed by atoms with E-state index in [-0.39, 0.29) is 22.7 Å². The zero-order valence-electron chi connectivity index (χ0n) is 7.31. The average molecular weight is 190 g/mol. The Kier molecular flexibility index (Phi) is 2.58. The van der Waals surface area contributed by atoms with E-state index in [1.54, 1.807) is 6.07 Å². The molecule has 1 heterocycles. The number of ketones is 1. The van der Waals surface area contributed by atoms with Crippen LogP contribution in [0.25, 0.3) is 0 Å². The Balaban J connectivity index is 3.36. The average Bonchev–Trinajstić information content (AvgIpc) is 2.16. The van der Waals surface area contributed by atoms with Gasteiger partial charge in [0.05, 0.1) is 5.56 Å². The van der Waals surface area contributed by atoms with E-state index in [9.17, 15) is 9.59 Å². The summed E-state index contributed by atoms with van der Waals surface area (Å²) in [7, 11) is 0. The Bertz CT molecular complexity index is 414. The highest BCUT2D eigenvalue weighted by molar-refractivity contribution is 5.96. The highest BCUT2D eigenvalue weighted by atomic mass is 16.4. The number of carboxylic acids is 1. The molecule has 70 valence electrons. The second-order valence-electron chi connectivity index (χ2n) is 2.60. The van der Waals surface area contributed by atoms with E-state index in [0.29, 0.717) is 0 Å². The SMILES string of the molecule is CC(=O)c1cc(C(=O)O)cc(C#N)n1. The molecular formula is C9H6N2O3. The topological polar surface area (TPSA) is 91.0 Å². The molecule has 1 aromatic rings. The van der Waals surface area contributed by atoms with E-state index in [4.69, 9.17) is 10.4 Å². The van der Waals surface area contributed by atoms with E-state index in [1.165, 1.54) is 6.92 Å². The number of aromatic carboxylic acids is 1. The minimum absolute atomic E-state index is 0.0125. The van der Waals surface area contributed by atoms with Crippen molar-refractivity contribution >= 4 is 11.8 Å². The van der Waals surface area contributed by atoms with Gasteiger partial charge in [-0.1, -0.05) is 0 Å². The van der Waals surface area contributed by atoms with E-state index >= 15 is 0 Å². The number of pyridine rings is 1. The maximum Gasteiger partial charge on any atom is 0.335 e. The van der Waals surface area contributed by atoms with E-state index < -0.39 is 5.97 Å². The van der Waals surface area contributed by atoms with Gasteiger partial charge in [-0.25, -0.2) is 9.78 Å². The van der Waals surface area contributed by atoms with Gasteiger partial charge in [0.1, 0.15) is 17.5 Å². The van der Waals surface area contributed by atoms with Crippen molar-refractivity contribution in [3.63, 3.8) is 0 Å². The predicted molar refractivity (Wildman–Crippen MR) is 45.9 cm³/mol. The molecule has 1 rings (SSSR count). The molecule has 0 saturated heterocycles. The summed E-state index contributed by atoms with van der Waals surface area (Å²) >= 11 is 0. The second-order valence-corrected chi connectivity index (χ2v) is 2.60. The fraction of sp³-hybridized carbons (Fsp3) is 0.111. The van der Waals surface area contributed by atoms with Gasteiger partial charge in [-0.15, -0.1) is 0 Å². The predicted octanol–water partition coefficient (Wildman–Crippen LogP) is 0.854. The van der Waals surface area contributed by atoms with Gasteiger partial charge in [-0.2, -0.15) is 5.26 Å². The highest BCUT2D eigenvalue weighted by Gasteiger charge is 2.10. The standard InChI is InChI=1S/C9H6N2O3/c1-5(12)8-3-6(9(13)14)2-7(4-10)11-8/h2-3H,1H3,(H,13,14). The maximum atomic E-state index is 10.9. The van der Waals surface area contributed by atoms with Gasteiger partial charge in [-0.05, 0) is 12.1 Å². The molecule has 0 fully saturated rings. The maximum absolute atomic E-state index is 10.9. The Labute approximate surface area is 79.6 Å². The van der Waals surface area contributed by atoms with Gasteiger partial charge >= 0.3 is 5.97 Å².